The number of hydrogen-bond acceptors (Lipinski definition) is 2. The number of piperidine rings is 2. The van der Waals surface area contributed by atoms with Gasteiger partial charge in [0, 0.05) is 19.1 Å². The minimum absolute atomic E-state index is 0.523. The summed E-state index contributed by atoms with van der Waals surface area (Å²) in [4.78, 5) is 2.62. The van der Waals surface area contributed by atoms with Crippen molar-refractivity contribution in [2.24, 2.45) is 11.3 Å². The minimum atomic E-state index is 0.523. The van der Waals surface area contributed by atoms with Crippen LogP contribution in [-0.2, 0) is 6.54 Å². The minimum Gasteiger partial charge on any atom is -0.312 e. The molecule has 0 radical (unpaired) electrons. The second-order valence-corrected chi connectivity index (χ2v) is 6.92. The largest absolute Gasteiger partial charge is 0.312 e. The first-order chi connectivity index (χ1) is 9.15. The number of rotatable bonds is 2. The lowest BCUT2D eigenvalue weighted by atomic mass is 9.67. The fraction of sp³-hybridized carbons (Fsp3) is 0.647. The smallest absolute Gasteiger partial charge is 0.0234 e. The van der Waals surface area contributed by atoms with Crippen molar-refractivity contribution in [1.29, 1.82) is 0 Å². The zero-order chi connectivity index (χ0) is 13.3. The maximum absolute atomic E-state index is 3.75. The van der Waals surface area contributed by atoms with Gasteiger partial charge in [0.2, 0.25) is 0 Å². The SMILES string of the molecule is CC1(C)CCNC2CN(Cc3ccccc3)CCC21. The van der Waals surface area contributed by atoms with Crippen LogP contribution < -0.4 is 5.32 Å². The average molecular weight is 258 g/mol. The predicted octanol–water partition coefficient (Wildman–Crippen LogP) is 2.90. The van der Waals surface area contributed by atoms with Crippen LogP contribution in [0.1, 0.15) is 32.3 Å². The molecule has 0 bridgehead atoms. The summed E-state index contributed by atoms with van der Waals surface area (Å²) >= 11 is 0. The summed E-state index contributed by atoms with van der Waals surface area (Å²) < 4.78 is 0. The lowest BCUT2D eigenvalue weighted by molar-refractivity contribution is 0.0281. The fourth-order valence-electron chi connectivity index (χ4n) is 3.91. The number of hydrogen-bond donors (Lipinski definition) is 1. The second kappa shape index (κ2) is 5.26. The molecule has 104 valence electrons. The molecule has 2 atom stereocenters. The summed E-state index contributed by atoms with van der Waals surface area (Å²) in [7, 11) is 0. The fourth-order valence-corrected chi connectivity index (χ4v) is 3.91. The predicted molar refractivity (Wildman–Crippen MR) is 80.0 cm³/mol. The molecule has 19 heavy (non-hydrogen) atoms. The molecule has 3 rings (SSSR count). The van der Waals surface area contributed by atoms with Crippen LogP contribution in [0.5, 0.6) is 0 Å². The van der Waals surface area contributed by atoms with Crippen LogP contribution in [0.25, 0.3) is 0 Å². The molecular formula is C17H26N2. The van der Waals surface area contributed by atoms with Gasteiger partial charge in [0.05, 0.1) is 0 Å². The Morgan fingerprint density at radius 2 is 2.05 bits per heavy atom. The molecule has 2 heterocycles. The van der Waals surface area contributed by atoms with Crippen molar-refractivity contribution in [2.45, 2.75) is 39.3 Å². The maximum Gasteiger partial charge on any atom is 0.0234 e. The Balaban J connectivity index is 1.63. The monoisotopic (exact) mass is 258 g/mol. The van der Waals surface area contributed by atoms with Crippen molar-refractivity contribution in [3.8, 4) is 0 Å². The molecular weight excluding hydrogens is 232 g/mol. The first-order valence-corrected chi connectivity index (χ1v) is 7.65. The number of likely N-dealkylation sites (tertiary alicyclic amines) is 1. The molecule has 0 spiro atoms. The molecule has 2 unspecified atom stereocenters. The van der Waals surface area contributed by atoms with Crippen molar-refractivity contribution in [3.05, 3.63) is 35.9 Å². The number of benzene rings is 1. The van der Waals surface area contributed by atoms with Gasteiger partial charge in [-0.3, -0.25) is 4.90 Å². The molecule has 2 nitrogen and oxygen atoms in total. The van der Waals surface area contributed by atoms with Crippen molar-refractivity contribution in [3.63, 3.8) is 0 Å². The average Bonchev–Trinajstić information content (AvgIpc) is 2.39. The highest BCUT2D eigenvalue weighted by Gasteiger charge is 2.41. The first kappa shape index (κ1) is 13.1. The van der Waals surface area contributed by atoms with E-state index in [0.717, 1.165) is 12.5 Å². The number of nitrogens with one attached hydrogen (secondary N) is 1. The molecule has 0 saturated carbocycles. The zero-order valence-corrected chi connectivity index (χ0v) is 12.2. The van der Waals surface area contributed by atoms with E-state index in [1.807, 2.05) is 0 Å². The van der Waals surface area contributed by atoms with Crippen LogP contribution >= 0.6 is 0 Å². The Bertz CT molecular complexity index is 413. The summed E-state index contributed by atoms with van der Waals surface area (Å²) in [6.45, 7) is 9.67. The Labute approximate surface area is 117 Å². The van der Waals surface area contributed by atoms with Gasteiger partial charge in [-0.05, 0) is 42.8 Å². The summed E-state index contributed by atoms with van der Waals surface area (Å²) in [5.74, 6) is 0.855. The molecule has 1 aromatic rings. The Morgan fingerprint density at radius 1 is 1.26 bits per heavy atom. The van der Waals surface area contributed by atoms with E-state index in [0.29, 0.717) is 11.5 Å². The van der Waals surface area contributed by atoms with Gasteiger partial charge in [-0.15, -0.1) is 0 Å². The molecule has 1 aromatic carbocycles. The van der Waals surface area contributed by atoms with Crippen LogP contribution in [0.4, 0.5) is 0 Å². The Morgan fingerprint density at radius 3 is 2.84 bits per heavy atom. The molecule has 0 aromatic heterocycles. The van der Waals surface area contributed by atoms with E-state index in [2.05, 4.69) is 54.4 Å². The lowest BCUT2D eigenvalue weighted by Crippen LogP contribution is -2.58. The van der Waals surface area contributed by atoms with Gasteiger partial charge in [-0.25, -0.2) is 0 Å². The standard InChI is InChI=1S/C17H26N2/c1-17(2)9-10-18-16-13-19(11-8-15(16)17)12-14-6-4-3-5-7-14/h3-7,15-16,18H,8-13H2,1-2H3. The summed E-state index contributed by atoms with van der Waals surface area (Å²) in [5, 5.41) is 3.75. The third-order valence-electron chi connectivity index (χ3n) is 5.13. The van der Waals surface area contributed by atoms with E-state index in [-0.39, 0.29) is 0 Å². The van der Waals surface area contributed by atoms with Crippen LogP contribution in [0.3, 0.4) is 0 Å². The van der Waals surface area contributed by atoms with Gasteiger partial charge in [-0.2, -0.15) is 0 Å². The molecule has 2 aliphatic rings. The highest BCUT2D eigenvalue weighted by molar-refractivity contribution is 5.14. The van der Waals surface area contributed by atoms with Gasteiger partial charge >= 0.3 is 0 Å². The van der Waals surface area contributed by atoms with Crippen molar-refractivity contribution >= 4 is 0 Å². The third kappa shape index (κ3) is 2.85. The van der Waals surface area contributed by atoms with Crippen molar-refractivity contribution < 1.29 is 0 Å². The molecule has 0 aliphatic carbocycles. The van der Waals surface area contributed by atoms with E-state index in [1.165, 1.54) is 38.0 Å². The summed E-state index contributed by atoms with van der Waals surface area (Å²) in [5.41, 5.74) is 1.96. The van der Waals surface area contributed by atoms with Gasteiger partial charge in [-0.1, -0.05) is 44.2 Å². The maximum atomic E-state index is 3.75. The van der Waals surface area contributed by atoms with E-state index in [4.69, 9.17) is 0 Å². The van der Waals surface area contributed by atoms with Crippen molar-refractivity contribution in [1.82, 2.24) is 10.2 Å². The molecule has 1 N–H and O–H groups in total. The summed E-state index contributed by atoms with van der Waals surface area (Å²) in [6, 6.07) is 11.6. The van der Waals surface area contributed by atoms with Crippen LogP contribution in [0.2, 0.25) is 0 Å². The molecule has 2 aliphatic heterocycles. The first-order valence-electron chi connectivity index (χ1n) is 7.65. The summed E-state index contributed by atoms with van der Waals surface area (Å²) in [6.07, 6.45) is 2.67. The normalized spacial score (nSPS) is 30.8. The van der Waals surface area contributed by atoms with Crippen LogP contribution in [-0.4, -0.2) is 30.6 Å². The zero-order valence-electron chi connectivity index (χ0n) is 12.2. The van der Waals surface area contributed by atoms with Gasteiger partial charge < -0.3 is 5.32 Å². The number of fused-ring (bicyclic) bond motifs is 1. The molecule has 0 amide bonds. The van der Waals surface area contributed by atoms with E-state index >= 15 is 0 Å². The van der Waals surface area contributed by atoms with E-state index in [1.54, 1.807) is 0 Å². The van der Waals surface area contributed by atoms with Crippen molar-refractivity contribution in [2.75, 3.05) is 19.6 Å². The van der Waals surface area contributed by atoms with E-state index < -0.39 is 0 Å². The Kier molecular flexibility index (Phi) is 3.64. The van der Waals surface area contributed by atoms with Gasteiger partial charge in [0.15, 0.2) is 0 Å². The number of nitrogens with zero attached hydrogens (tertiary/aromatic N) is 1. The molecule has 2 heteroatoms. The quantitative estimate of drug-likeness (QED) is 0.877. The molecule has 2 saturated heterocycles. The van der Waals surface area contributed by atoms with Crippen LogP contribution in [0.15, 0.2) is 30.3 Å². The second-order valence-electron chi connectivity index (χ2n) is 6.92. The van der Waals surface area contributed by atoms with Gasteiger partial charge in [0.25, 0.3) is 0 Å². The topological polar surface area (TPSA) is 15.3 Å². The Hall–Kier alpha value is -0.860. The molecule has 2 fully saturated rings. The lowest BCUT2D eigenvalue weighted by Gasteiger charge is -2.50. The highest BCUT2D eigenvalue weighted by atomic mass is 15.2. The van der Waals surface area contributed by atoms with E-state index in [9.17, 15) is 0 Å². The van der Waals surface area contributed by atoms with Crippen LogP contribution in [0, 0.1) is 11.3 Å². The highest BCUT2D eigenvalue weighted by Crippen LogP contribution is 2.40. The van der Waals surface area contributed by atoms with Gasteiger partial charge in [0.1, 0.15) is 0 Å². The third-order valence-corrected chi connectivity index (χ3v) is 5.13.